The molecule has 0 bridgehead atoms. The van der Waals surface area contributed by atoms with E-state index in [0.717, 1.165) is 11.1 Å². The molecule has 98 valence electrons. The molecule has 1 N–H and O–H groups in total. The summed E-state index contributed by atoms with van der Waals surface area (Å²) in [5.41, 5.74) is 3.47. The largest absolute Gasteiger partial charge is 0.361 e. The van der Waals surface area contributed by atoms with Gasteiger partial charge in [0.05, 0.1) is 12.1 Å². The fraction of sp³-hybridized carbons (Fsp3) is 0.0556. The molecule has 1 heterocycles. The van der Waals surface area contributed by atoms with Crippen LogP contribution in [0.15, 0.2) is 71.9 Å². The number of benzene rings is 2. The zero-order valence-corrected chi connectivity index (χ0v) is 11.2. The van der Waals surface area contributed by atoms with Crippen molar-refractivity contribution in [2.45, 2.75) is 0 Å². The Morgan fingerprint density at radius 2 is 1.85 bits per heavy atom. The number of fused-ring (bicyclic) bond motifs is 1. The van der Waals surface area contributed by atoms with Gasteiger partial charge in [-0.1, -0.05) is 60.7 Å². The highest BCUT2D eigenvalue weighted by molar-refractivity contribution is 5.97. The number of hydrogen-bond donors (Lipinski definition) is 1. The highest BCUT2D eigenvalue weighted by Crippen LogP contribution is 2.15. The summed E-state index contributed by atoms with van der Waals surface area (Å²) in [5, 5.41) is 1.22. The quantitative estimate of drug-likeness (QED) is 0.677. The number of H-pyrrole nitrogens is 1. The van der Waals surface area contributed by atoms with Gasteiger partial charge in [-0.25, -0.2) is 0 Å². The lowest BCUT2D eigenvalue weighted by atomic mass is 10.1. The number of aromatic nitrogens is 1. The number of rotatable bonds is 4. The fourth-order valence-corrected chi connectivity index (χ4v) is 2.18. The first-order chi connectivity index (χ1) is 9.93. The Balaban J connectivity index is 1.66. The van der Waals surface area contributed by atoms with Crippen LogP contribution in [0, 0.1) is 0 Å². The summed E-state index contributed by atoms with van der Waals surface area (Å²) >= 11 is 0. The van der Waals surface area contributed by atoms with Crippen LogP contribution in [0.2, 0.25) is 0 Å². The number of nitrogens with zero attached hydrogens (tertiary/aromatic N) is 1. The Kier molecular flexibility index (Phi) is 3.74. The topological polar surface area (TPSA) is 28.1 Å². The molecule has 1 aromatic heterocycles. The first kappa shape index (κ1) is 12.4. The van der Waals surface area contributed by atoms with Crippen molar-refractivity contribution in [1.29, 1.82) is 0 Å². The average Bonchev–Trinajstić information content (AvgIpc) is 2.97. The predicted octanol–water partition coefficient (Wildman–Crippen LogP) is 4.30. The molecule has 3 aromatic rings. The van der Waals surface area contributed by atoms with Gasteiger partial charge < -0.3 is 4.98 Å². The van der Waals surface area contributed by atoms with E-state index in [4.69, 9.17) is 0 Å². The minimum absolute atomic E-state index is 0.686. The first-order valence-corrected chi connectivity index (χ1v) is 6.71. The van der Waals surface area contributed by atoms with Crippen molar-refractivity contribution in [3.05, 3.63) is 78.0 Å². The van der Waals surface area contributed by atoms with Gasteiger partial charge in [0.1, 0.15) is 0 Å². The van der Waals surface area contributed by atoms with Crippen LogP contribution in [0.1, 0.15) is 11.1 Å². The van der Waals surface area contributed by atoms with Crippen molar-refractivity contribution < 1.29 is 0 Å². The first-order valence-electron chi connectivity index (χ1n) is 6.71. The number of aliphatic imine (C=N–C) groups is 1. The summed E-state index contributed by atoms with van der Waals surface area (Å²) in [4.78, 5) is 7.70. The second-order valence-corrected chi connectivity index (χ2v) is 4.60. The number of nitrogens with one attached hydrogen (secondary N) is 1. The maximum atomic E-state index is 4.45. The molecule has 0 amide bonds. The van der Waals surface area contributed by atoms with Crippen molar-refractivity contribution in [1.82, 2.24) is 4.98 Å². The van der Waals surface area contributed by atoms with Gasteiger partial charge in [0.25, 0.3) is 0 Å². The molecule has 3 rings (SSSR count). The molecule has 20 heavy (non-hydrogen) atoms. The summed E-state index contributed by atoms with van der Waals surface area (Å²) in [7, 11) is 0. The maximum absolute atomic E-state index is 4.45. The third kappa shape index (κ3) is 2.86. The lowest BCUT2D eigenvalue weighted by molar-refractivity contribution is 1.26. The van der Waals surface area contributed by atoms with Gasteiger partial charge in [0.2, 0.25) is 0 Å². The van der Waals surface area contributed by atoms with Crippen molar-refractivity contribution >= 4 is 23.2 Å². The van der Waals surface area contributed by atoms with Crippen LogP contribution < -0.4 is 0 Å². The molecular formula is C18H16N2. The lowest BCUT2D eigenvalue weighted by Gasteiger charge is -1.95. The third-order valence-electron chi connectivity index (χ3n) is 3.17. The SMILES string of the molecule is C(=NC/C=C/c1ccccc1)c1cccc2cc[nH]c12. The molecule has 0 aliphatic carbocycles. The number of para-hydroxylation sites is 1. The van der Waals surface area contributed by atoms with Crippen LogP contribution in [-0.4, -0.2) is 17.7 Å². The molecule has 0 fully saturated rings. The summed E-state index contributed by atoms with van der Waals surface area (Å²) in [6.45, 7) is 0.686. The van der Waals surface area contributed by atoms with E-state index in [9.17, 15) is 0 Å². The van der Waals surface area contributed by atoms with Crippen LogP contribution in [0.4, 0.5) is 0 Å². The van der Waals surface area contributed by atoms with E-state index in [1.165, 1.54) is 10.9 Å². The molecule has 0 saturated carbocycles. The van der Waals surface area contributed by atoms with Crippen LogP contribution in [-0.2, 0) is 0 Å². The smallest absolute Gasteiger partial charge is 0.0573 e. The molecule has 2 aromatic carbocycles. The lowest BCUT2D eigenvalue weighted by Crippen LogP contribution is -1.84. The minimum Gasteiger partial charge on any atom is -0.361 e. The molecule has 0 atom stereocenters. The second kappa shape index (κ2) is 6.02. The second-order valence-electron chi connectivity index (χ2n) is 4.60. The highest BCUT2D eigenvalue weighted by atomic mass is 14.7. The van der Waals surface area contributed by atoms with E-state index in [-0.39, 0.29) is 0 Å². The Hall–Kier alpha value is -2.61. The molecule has 0 radical (unpaired) electrons. The van der Waals surface area contributed by atoms with Crippen molar-refractivity contribution in [3.63, 3.8) is 0 Å². The number of aromatic amines is 1. The third-order valence-corrected chi connectivity index (χ3v) is 3.17. The molecule has 2 heteroatoms. The Bertz CT molecular complexity index is 736. The van der Waals surface area contributed by atoms with Gasteiger partial charge in [-0.15, -0.1) is 0 Å². The minimum atomic E-state index is 0.686. The molecular weight excluding hydrogens is 244 g/mol. The monoisotopic (exact) mass is 260 g/mol. The van der Waals surface area contributed by atoms with Crippen molar-refractivity contribution in [2.24, 2.45) is 4.99 Å². The van der Waals surface area contributed by atoms with E-state index in [1.807, 2.05) is 30.6 Å². The van der Waals surface area contributed by atoms with Crippen LogP contribution in [0.5, 0.6) is 0 Å². The van der Waals surface area contributed by atoms with Gasteiger partial charge in [-0.05, 0) is 11.6 Å². The molecule has 0 saturated heterocycles. The number of hydrogen-bond acceptors (Lipinski definition) is 1. The zero-order chi connectivity index (χ0) is 13.6. The van der Waals surface area contributed by atoms with E-state index in [1.54, 1.807) is 0 Å². The van der Waals surface area contributed by atoms with Gasteiger partial charge in [0, 0.05) is 23.4 Å². The summed E-state index contributed by atoms with van der Waals surface area (Å²) in [5.74, 6) is 0. The Morgan fingerprint density at radius 3 is 2.75 bits per heavy atom. The van der Waals surface area contributed by atoms with Crippen LogP contribution in [0.25, 0.3) is 17.0 Å². The summed E-state index contributed by atoms with van der Waals surface area (Å²) < 4.78 is 0. The van der Waals surface area contributed by atoms with E-state index >= 15 is 0 Å². The van der Waals surface area contributed by atoms with Gasteiger partial charge >= 0.3 is 0 Å². The predicted molar refractivity (Wildman–Crippen MR) is 86.2 cm³/mol. The molecule has 0 aliphatic heterocycles. The maximum Gasteiger partial charge on any atom is 0.0573 e. The van der Waals surface area contributed by atoms with E-state index < -0.39 is 0 Å². The summed E-state index contributed by atoms with van der Waals surface area (Å²) in [6, 6.07) is 18.6. The normalized spacial score (nSPS) is 11.8. The molecule has 0 unspecified atom stereocenters. The standard InChI is InChI=1S/C18H16N2/c1-2-6-15(7-3-1)8-5-12-19-14-17-10-4-9-16-11-13-20-18(16)17/h1-11,13-14,20H,12H2/b8-5+,19-14?. The molecule has 2 nitrogen and oxygen atoms in total. The van der Waals surface area contributed by atoms with Crippen molar-refractivity contribution in [2.75, 3.05) is 6.54 Å². The highest BCUT2D eigenvalue weighted by Gasteiger charge is 1.97. The zero-order valence-electron chi connectivity index (χ0n) is 11.2. The van der Waals surface area contributed by atoms with Gasteiger partial charge in [-0.3, -0.25) is 4.99 Å². The van der Waals surface area contributed by atoms with Gasteiger partial charge in [0.15, 0.2) is 0 Å². The van der Waals surface area contributed by atoms with Crippen LogP contribution in [0.3, 0.4) is 0 Å². The fourth-order valence-electron chi connectivity index (χ4n) is 2.18. The van der Waals surface area contributed by atoms with E-state index in [0.29, 0.717) is 6.54 Å². The Morgan fingerprint density at radius 1 is 0.950 bits per heavy atom. The average molecular weight is 260 g/mol. The van der Waals surface area contributed by atoms with Gasteiger partial charge in [-0.2, -0.15) is 0 Å². The molecule has 0 aliphatic rings. The molecule has 0 spiro atoms. The Labute approximate surface area is 118 Å². The summed E-state index contributed by atoms with van der Waals surface area (Å²) in [6.07, 6.45) is 8.04. The van der Waals surface area contributed by atoms with Crippen LogP contribution >= 0.6 is 0 Å². The van der Waals surface area contributed by atoms with Crippen molar-refractivity contribution in [3.8, 4) is 0 Å². The van der Waals surface area contributed by atoms with E-state index in [2.05, 4.69) is 58.5 Å².